The third-order valence-corrected chi connectivity index (χ3v) is 3.27. The highest BCUT2D eigenvalue weighted by atomic mass is 16.2. The SMILES string of the molecule is CCCCn1c(C)nc2c1c(=O)n(C)c(=O)n2C.CNC. The zero-order chi connectivity index (χ0) is 16.2. The number of nitrogens with one attached hydrogen (secondary N) is 1. The van der Waals surface area contributed by atoms with Crippen molar-refractivity contribution in [2.45, 2.75) is 33.2 Å². The number of rotatable bonds is 3. The topological polar surface area (TPSA) is 73.8 Å². The van der Waals surface area contributed by atoms with E-state index < -0.39 is 0 Å². The van der Waals surface area contributed by atoms with Crippen molar-refractivity contribution in [1.82, 2.24) is 24.0 Å². The van der Waals surface area contributed by atoms with Crippen LogP contribution in [0.2, 0.25) is 0 Å². The Kier molecular flexibility index (Phi) is 5.90. The van der Waals surface area contributed by atoms with E-state index in [0.717, 1.165) is 29.8 Å². The van der Waals surface area contributed by atoms with Gasteiger partial charge >= 0.3 is 5.69 Å². The minimum absolute atomic E-state index is 0.273. The molecule has 118 valence electrons. The Balaban J connectivity index is 0.000000677. The van der Waals surface area contributed by atoms with Gasteiger partial charge in [-0.3, -0.25) is 13.9 Å². The van der Waals surface area contributed by atoms with Crippen LogP contribution in [0.25, 0.3) is 11.2 Å². The summed E-state index contributed by atoms with van der Waals surface area (Å²) in [6.07, 6.45) is 2.03. The molecule has 0 fully saturated rings. The van der Waals surface area contributed by atoms with Crippen LogP contribution in [-0.2, 0) is 20.6 Å². The molecular formula is C14H25N5O2. The molecule has 7 heteroatoms. The largest absolute Gasteiger partial charge is 0.332 e. The molecule has 0 aliphatic carbocycles. The third kappa shape index (κ3) is 3.24. The van der Waals surface area contributed by atoms with Gasteiger partial charge in [-0.05, 0) is 27.4 Å². The van der Waals surface area contributed by atoms with E-state index in [1.807, 2.05) is 25.6 Å². The summed E-state index contributed by atoms with van der Waals surface area (Å²) < 4.78 is 4.46. The molecule has 21 heavy (non-hydrogen) atoms. The van der Waals surface area contributed by atoms with Crippen molar-refractivity contribution in [2.24, 2.45) is 14.1 Å². The van der Waals surface area contributed by atoms with Crippen LogP contribution < -0.4 is 16.6 Å². The molecule has 1 N–H and O–H groups in total. The number of fused-ring (bicyclic) bond motifs is 1. The van der Waals surface area contributed by atoms with Crippen molar-refractivity contribution >= 4 is 11.2 Å². The summed E-state index contributed by atoms with van der Waals surface area (Å²) in [5, 5.41) is 2.75. The van der Waals surface area contributed by atoms with Gasteiger partial charge in [-0.25, -0.2) is 9.78 Å². The lowest BCUT2D eigenvalue weighted by Gasteiger charge is -2.06. The van der Waals surface area contributed by atoms with Gasteiger partial charge in [0.05, 0.1) is 0 Å². The molecule has 2 heterocycles. The van der Waals surface area contributed by atoms with Gasteiger partial charge in [-0.2, -0.15) is 0 Å². The lowest BCUT2D eigenvalue weighted by molar-refractivity contribution is 0.625. The predicted octanol–water partition coefficient (Wildman–Crippen LogP) is 0.378. The summed E-state index contributed by atoms with van der Waals surface area (Å²) in [5.41, 5.74) is 0.375. The van der Waals surface area contributed by atoms with Gasteiger partial charge in [0.1, 0.15) is 5.82 Å². The van der Waals surface area contributed by atoms with E-state index in [1.54, 1.807) is 7.05 Å². The highest BCUT2D eigenvalue weighted by molar-refractivity contribution is 5.70. The number of hydrogen-bond donors (Lipinski definition) is 1. The molecule has 0 amide bonds. The molecular weight excluding hydrogens is 270 g/mol. The summed E-state index contributed by atoms with van der Waals surface area (Å²) in [4.78, 5) is 28.3. The molecule has 0 saturated carbocycles. The van der Waals surface area contributed by atoms with Crippen LogP contribution in [-0.4, -0.2) is 32.8 Å². The van der Waals surface area contributed by atoms with Gasteiger partial charge < -0.3 is 9.88 Å². The van der Waals surface area contributed by atoms with E-state index in [1.165, 1.54) is 11.6 Å². The molecule has 0 radical (unpaired) electrons. The van der Waals surface area contributed by atoms with Crippen molar-refractivity contribution in [1.29, 1.82) is 0 Å². The number of imidazole rings is 1. The second kappa shape index (κ2) is 7.21. The van der Waals surface area contributed by atoms with Gasteiger partial charge in [0.15, 0.2) is 11.2 Å². The van der Waals surface area contributed by atoms with E-state index >= 15 is 0 Å². The van der Waals surface area contributed by atoms with E-state index in [2.05, 4.69) is 17.2 Å². The van der Waals surface area contributed by atoms with Crippen molar-refractivity contribution in [2.75, 3.05) is 14.1 Å². The van der Waals surface area contributed by atoms with Gasteiger partial charge in [-0.1, -0.05) is 13.3 Å². The molecule has 0 aromatic carbocycles. The van der Waals surface area contributed by atoms with Crippen LogP contribution in [0.15, 0.2) is 9.59 Å². The molecule has 0 aliphatic heterocycles. The van der Waals surface area contributed by atoms with Crippen molar-refractivity contribution < 1.29 is 0 Å². The molecule has 0 spiro atoms. The minimum atomic E-state index is -0.340. The summed E-state index contributed by atoms with van der Waals surface area (Å²) in [6.45, 7) is 4.72. The van der Waals surface area contributed by atoms with Crippen LogP contribution in [0.4, 0.5) is 0 Å². The summed E-state index contributed by atoms with van der Waals surface area (Å²) >= 11 is 0. The highest BCUT2D eigenvalue weighted by Gasteiger charge is 2.16. The first-order valence-electron chi connectivity index (χ1n) is 7.11. The molecule has 0 saturated heterocycles. The first-order chi connectivity index (χ1) is 9.90. The van der Waals surface area contributed by atoms with Crippen LogP contribution in [0, 0.1) is 6.92 Å². The van der Waals surface area contributed by atoms with Gasteiger partial charge in [0, 0.05) is 20.6 Å². The van der Waals surface area contributed by atoms with E-state index in [0.29, 0.717) is 11.2 Å². The standard InChI is InChI=1S/C12H18N4O2.C2H7N/c1-5-6-7-16-8(2)13-10-9(16)11(17)15(4)12(18)14(10)3;1-3-2/h5-7H2,1-4H3;3H,1-2H3. The second-order valence-corrected chi connectivity index (χ2v) is 5.04. The number of hydrogen-bond acceptors (Lipinski definition) is 4. The first-order valence-corrected chi connectivity index (χ1v) is 7.11. The van der Waals surface area contributed by atoms with Crippen molar-refractivity contribution in [3.63, 3.8) is 0 Å². The number of aryl methyl sites for hydroxylation is 3. The smallest absolute Gasteiger partial charge is 0.323 e. The normalized spacial score (nSPS) is 10.6. The average Bonchev–Trinajstić information content (AvgIpc) is 2.78. The van der Waals surface area contributed by atoms with Crippen LogP contribution >= 0.6 is 0 Å². The number of unbranched alkanes of at least 4 members (excludes halogenated alkanes) is 1. The maximum absolute atomic E-state index is 12.2. The average molecular weight is 295 g/mol. The van der Waals surface area contributed by atoms with Gasteiger partial charge in [-0.15, -0.1) is 0 Å². The zero-order valence-electron chi connectivity index (χ0n) is 13.7. The Labute approximate surface area is 124 Å². The molecule has 2 aromatic heterocycles. The maximum atomic E-state index is 12.2. The Morgan fingerprint density at radius 2 is 1.71 bits per heavy atom. The lowest BCUT2D eigenvalue weighted by Crippen LogP contribution is -2.37. The van der Waals surface area contributed by atoms with E-state index in [4.69, 9.17) is 0 Å². The fourth-order valence-electron chi connectivity index (χ4n) is 2.15. The van der Waals surface area contributed by atoms with Crippen molar-refractivity contribution in [3.05, 3.63) is 26.7 Å². The Morgan fingerprint density at radius 3 is 2.24 bits per heavy atom. The Bertz CT molecular complexity index is 724. The Morgan fingerprint density at radius 1 is 1.14 bits per heavy atom. The molecule has 2 rings (SSSR count). The molecule has 0 aliphatic rings. The third-order valence-electron chi connectivity index (χ3n) is 3.27. The number of nitrogens with zero attached hydrogens (tertiary/aromatic N) is 4. The highest BCUT2D eigenvalue weighted by Crippen LogP contribution is 2.11. The minimum Gasteiger partial charge on any atom is -0.323 e. The van der Waals surface area contributed by atoms with Gasteiger partial charge in [0.25, 0.3) is 5.56 Å². The molecule has 0 unspecified atom stereocenters. The zero-order valence-corrected chi connectivity index (χ0v) is 13.7. The first kappa shape index (κ1) is 17.2. The predicted molar refractivity (Wildman–Crippen MR) is 84.8 cm³/mol. The quantitative estimate of drug-likeness (QED) is 0.888. The number of aromatic nitrogens is 4. The monoisotopic (exact) mass is 295 g/mol. The van der Waals surface area contributed by atoms with Crippen LogP contribution in [0.3, 0.4) is 0 Å². The molecule has 0 bridgehead atoms. The molecule has 7 nitrogen and oxygen atoms in total. The summed E-state index contributed by atoms with van der Waals surface area (Å²) in [6, 6.07) is 0. The fraction of sp³-hybridized carbons (Fsp3) is 0.643. The second-order valence-electron chi connectivity index (χ2n) is 5.04. The van der Waals surface area contributed by atoms with Crippen molar-refractivity contribution in [3.8, 4) is 0 Å². The van der Waals surface area contributed by atoms with Crippen LogP contribution in [0.1, 0.15) is 25.6 Å². The molecule has 0 atom stereocenters. The molecule has 2 aromatic rings. The summed E-state index contributed by atoms with van der Waals surface area (Å²) in [7, 11) is 6.89. The van der Waals surface area contributed by atoms with E-state index in [-0.39, 0.29) is 11.2 Å². The maximum Gasteiger partial charge on any atom is 0.332 e. The van der Waals surface area contributed by atoms with Gasteiger partial charge in [0.2, 0.25) is 0 Å². The Hall–Kier alpha value is -1.89. The van der Waals surface area contributed by atoms with Crippen LogP contribution in [0.5, 0.6) is 0 Å². The fourth-order valence-corrected chi connectivity index (χ4v) is 2.15. The summed E-state index contributed by atoms with van der Waals surface area (Å²) in [5.74, 6) is 0.775. The van der Waals surface area contributed by atoms with E-state index in [9.17, 15) is 9.59 Å². The lowest BCUT2D eigenvalue weighted by atomic mass is 10.3.